The van der Waals surface area contributed by atoms with Gasteiger partial charge in [0.25, 0.3) is 0 Å². The molecule has 0 saturated carbocycles. The molecule has 5 rings (SSSR count). The maximum atomic E-state index is 13.2. The summed E-state index contributed by atoms with van der Waals surface area (Å²) >= 11 is 0. The average Bonchev–Trinajstić information content (AvgIpc) is 3.27. The van der Waals surface area contributed by atoms with E-state index in [0.717, 1.165) is 4.90 Å². The summed E-state index contributed by atoms with van der Waals surface area (Å²) in [5.74, 6) is -2.28. The van der Waals surface area contributed by atoms with Crippen LogP contribution in [-0.2, 0) is 14.3 Å². The average molecular weight is 354 g/mol. The Kier molecular flexibility index (Phi) is 2.65. The zero-order chi connectivity index (χ0) is 18.4. The van der Waals surface area contributed by atoms with E-state index in [1.807, 2.05) is 6.07 Å². The molecule has 0 radical (unpaired) electrons. The number of rotatable bonds is 1. The maximum Gasteiger partial charge on any atom is 0.240 e. The fraction of sp³-hybridized carbons (Fsp3) is 0.471. The lowest BCUT2D eigenvalue weighted by atomic mass is 9.67. The lowest BCUT2D eigenvalue weighted by Crippen LogP contribution is -2.49. The number of hydrogen-bond donors (Lipinski definition) is 1. The molecule has 9 heteroatoms. The second-order valence-corrected chi connectivity index (χ2v) is 7.49. The Labute approximate surface area is 147 Å². The van der Waals surface area contributed by atoms with Gasteiger partial charge < -0.3 is 9.84 Å². The zero-order valence-electron chi connectivity index (χ0n) is 14.0. The van der Waals surface area contributed by atoms with E-state index < -0.39 is 41.0 Å². The molecule has 2 bridgehead atoms. The Morgan fingerprint density at radius 2 is 1.92 bits per heavy atom. The molecule has 1 aromatic carbocycles. The van der Waals surface area contributed by atoms with Gasteiger partial charge in [0, 0.05) is 6.42 Å². The van der Waals surface area contributed by atoms with Crippen molar-refractivity contribution in [2.45, 2.75) is 37.6 Å². The summed E-state index contributed by atoms with van der Waals surface area (Å²) in [6, 6.07) is 4.94. The van der Waals surface area contributed by atoms with Crippen molar-refractivity contribution in [3.8, 4) is 6.07 Å². The topological polar surface area (TPSA) is 130 Å². The number of aliphatic hydroxyl groups excluding tert-OH is 1. The highest BCUT2D eigenvalue weighted by molar-refractivity contribution is 6.25. The van der Waals surface area contributed by atoms with E-state index in [2.05, 4.69) is 10.3 Å². The first-order valence-corrected chi connectivity index (χ1v) is 8.23. The number of anilines is 1. The van der Waals surface area contributed by atoms with Crippen molar-refractivity contribution in [2.75, 3.05) is 4.90 Å². The number of carbonyl (C=O) groups excluding carboxylic acids is 2. The van der Waals surface area contributed by atoms with Crippen molar-refractivity contribution in [3.05, 3.63) is 17.7 Å². The molecular formula is C17H14N4O5. The standard InChI is InChI=1S/C17H14N4O5/c1-16-5-9(22)17(2,25-16)11-10(16)14(23)21(15(11)24)8-4-3-7(6-18)12-13(8)20-26-19-12/h3-4,9-11,22H,5H2,1-2H3/t9-,10+,11-,16+,17-/m0/s1. The van der Waals surface area contributed by atoms with E-state index in [1.165, 1.54) is 12.1 Å². The largest absolute Gasteiger partial charge is 0.390 e. The number of aliphatic hydroxyl groups is 1. The van der Waals surface area contributed by atoms with Gasteiger partial charge in [0.15, 0.2) is 11.0 Å². The minimum absolute atomic E-state index is 0.176. The molecule has 1 N–H and O–H groups in total. The number of amides is 2. The molecule has 4 heterocycles. The second-order valence-electron chi connectivity index (χ2n) is 7.49. The van der Waals surface area contributed by atoms with Crippen LogP contribution in [0, 0.1) is 23.2 Å². The van der Waals surface area contributed by atoms with Crippen LogP contribution in [0.25, 0.3) is 11.0 Å². The summed E-state index contributed by atoms with van der Waals surface area (Å²) in [4.78, 5) is 27.4. The monoisotopic (exact) mass is 354 g/mol. The number of aromatic nitrogens is 2. The van der Waals surface area contributed by atoms with E-state index in [0.29, 0.717) is 6.42 Å². The fourth-order valence-electron chi connectivity index (χ4n) is 4.88. The van der Waals surface area contributed by atoms with Crippen LogP contribution < -0.4 is 4.90 Å². The van der Waals surface area contributed by atoms with Crippen molar-refractivity contribution in [1.29, 1.82) is 5.26 Å². The smallest absolute Gasteiger partial charge is 0.240 e. The van der Waals surface area contributed by atoms with Gasteiger partial charge in [-0.3, -0.25) is 9.59 Å². The van der Waals surface area contributed by atoms with Gasteiger partial charge in [0.05, 0.1) is 34.8 Å². The summed E-state index contributed by atoms with van der Waals surface area (Å²) in [5.41, 5.74) is -1.16. The number of ether oxygens (including phenoxy) is 1. The number of nitrogens with zero attached hydrogens (tertiary/aromatic N) is 4. The Hall–Kier alpha value is -2.83. The van der Waals surface area contributed by atoms with E-state index >= 15 is 0 Å². The number of hydrogen-bond acceptors (Lipinski definition) is 8. The molecule has 3 fully saturated rings. The predicted octanol–water partition coefficient (Wildman–Crippen LogP) is 0.512. The molecule has 2 amide bonds. The molecule has 0 unspecified atom stereocenters. The van der Waals surface area contributed by atoms with Crippen molar-refractivity contribution < 1.29 is 24.1 Å². The van der Waals surface area contributed by atoms with E-state index in [-0.39, 0.29) is 22.3 Å². The van der Waals surface area contributed by atoms with Crippen molar-refractivity contribution in [2.24, 2.45) is 11.8 Å². The van der Waals surface area contributed by atoms with Gasteiger partial charge in [-0.1, -0.05) is 0 Å². The van der Waals surface area contributed by atoms with Crippen LogP contribution in [0.2, 0.25) is 0 Å². The SMILES string of the molecule is C[C@]12O[C@](C)(C[C@@H]1O)[C@H]1C(=O)N(c3ccc(C#N)c4nonc34)C(=O)[C@H]12. The highest BCUT2D eigenvalue weighted by atomic mass is 16.6. The number of imide groups is 1. The molecule has 5 atom stereocenters. The lowest BCUT2D eigenvalue weighted by Gasteiger charge is -2.31. The van der Waals surface area contributed by atoms with Crippen molar-refractivity contribution in [3.63, 3.8) is 0 Å². The van der Waals surface area contributed by atoms with Crippen LogP contribution in [0.1, 0.15) is 25.8 Å². The van der Waals surface area contributed by atoms with Gasteiger partial charge in [-0.15, -0.1) is 0 Å². The van der Waals surface area contributed by atoms with Crippen molar-refractivity contribution in [1.82, 2.24) is 10.3 Å². The molecule has 0 spiro atoms. The first-order chi connectivity index (χ1) is 12.3. The third kappa shape index (κ3) is 1.52. The Morgan fingerprint density at radius 1 is 1.23 bits per heavy atom. The summed E-state index contributed by atoms with van der Waals surface area (Å²) in [6.45, 7) is 3.43. The van der Waals surface area contributed by atoms with Gasteiger partial charge in [0.1, 0.15) is 11.7 Å². The molecule has 0 aliphatic carbocycles. The van der Waals surface area contributed by atoms with E-state index in [4.69, 9.17) is 14.6 Å². The third-order valence-corrected chi connectivity index (χ3v) is 6.05. The van der Waals surface area contributed by atoms with Crippen LogP contribution in [0.3, 0.4) is 0 Å². The number of fused-ring (bicyclic) bond motifs is 6. The van der Waals surface area contributed by atoms with Gasteiger partial charge in [-0.05, 0) is 36.3 Å². The van der Waals surface area contributed by atoms with Crippen LogP contribution in [0.15, 0.2) is 16.8 Å². The Balaban J connectivity index is 1.68. The first-order valence-electron chi connectivity index (χ1n) is 8.23. The summed E-state index contributed by atoms with van der Waals surface area (Å²) < 4.78 is 10.7. The molecule has 2 aromatic rings. The molecule has 3 saturated heterocycles. The van der Waals surface area contributed by atoms with Crippen LogP contribution in [0.4, 0.5) is 5.69 Å². The molecule has 132 valence electrons. The van der Waals surface area contributed by atoms with E-state index in [1.54, 1.807) is 13.8 Å². The Morgan fingerprint density at radius 3 is 2.65 bits per heavy atom. The maximum absolute atomic E-state index is 13.2. The number of benzene rings is 1. The minimum Gasteiger partial charge on any atom is -0.390 e. The zero-order valence-corrected chi connectivity index (χ0v) is 14.0. The van der Waals surface area contributed by atoms with Gasteiger partial charge in [0.2, 0.25) is 11.8 Å². The molecule has 3 aliphatic rings. The molecule has 1 aromatic heterocycles. The van der Waals surface area contributed by atoms with Crippen LogP contribution in [-0.4, -0.2) is 44.5 Å². The van der Waals surface area contributed by atoms with Crippen LogP contribution in [0.5, 0.6) is 0 Å². The number of nitriles is 1. The normalized spacial score (nSPS) is 38.2. The van der Waals surface area contributed by atoms with Gasteiger partial charge in [-0.25, -0.2) is 9.53 Å². The first kappa shape index (κ1) is 15.4. The van der Waals surface area contributed by atoms with Crippen LogP contribution >= 0.6 is 0 Å². The van der Waals surface area contributed by atoms with Gasteiger partial charge in [-0.2, -0.15) is 5.26 Å². The minimum atomic E-state index is -1.10. The summed E-state index contributed by atoms with van der Waals surface area (Å²) in [6.07, 6.45) is -0.522. The van der Waals surface area contributed by atoms with Gasteiger partial charge >= 0.3 is 0 Å². The quantitative estimate of drug-likeness (QED) is 0.733. The summed E-state index contributed by atoms with van der Waals surface area (Å²) in [7, 11) is 0. The second kappa shape index (κ2) is 4.47. The lowest BCUT2D eigenvalue weighted by molar-refractivity contribution is -0.132. The molecule has 3 aliphatic heterocycles. The fourth-order valence-corrected chi connectivity index (χ4v) is 4.88. The predicted molar refractivity (Wildman–Crippen MR) is 84.5 cm³/mol. The Bertz CT molecular complexity index is 1040. The molecular weight excluding hydrogens is 340 g/mol. The van der Waals surface area contributed by atoms with Crippen molar-refractivity contribution >= 4 is 28.5 Å². The molecule has 26 heavy (non-hydrogen) atoms. The highest BCUT2D eigenvalue weighted by Crippen LogP contribution is 2.61. The summed E-state index contributed by atoms with van der Waals surface area (Å²) in [5, 5.41) is 27.0. The highest BCUT2D eigenvalue weighted by Gasteiger charge is 2.75. The number of carbonyl (C=O) groups is 2. The molecule has 9 nitrogen and oxygen atoms in total. The third-order valence-electron chi connectivity index (χ3n) is 6.05. The van der Waals surface area contributed by atoms with E-state index in [9.17, 15) is 14.7 Å².